The molecule has 14 heavy (non-hydrogen) atoms. The van der Waals surface area contributed by atoms with Crippen molar-refractivity contribution in [1.29, 1.82) is 0 Å². The molecule has 0 unspecified atom stereocenters. The van der Waals surface area contributed by atoms with Gasteiger partial charge in [0.05, 0.1) is 11.7 Å². The molecule has 0 atom stereocenters. The second-order valence-corrected chi connectivity index (χ2v) is 3.37. The number of hydrogen-bond donors (Lipinski definition) is 0. The maximum absolute atomic E-state index is 11.3. The van der Waals surface area contributed by atoms with Gasteiger partial charge in [0, 0.05) is 25.1 Å². The van der Waals surface area contributed by atoms with Gasteiger partial charge in [0.15, 0.2) is 5.78 Å². The van der Waals surface area contributed by atoms with Crippen LogP contribution in [0.1, 0.15) is 23.1 Å². The summed E-state index contributed by atoms with van der Waals surface area (Å²) in [7, 11) is 1.81. The quantitative estimate of drug-likeness (QED) is 0.638. The average molecular weight is 189 g/mol. The molecular formula is C10H11N3O. The molecule has 0 N–H and O–H groups in total. The van der Waals surface area contributed by atoms with Gasteiger partial charge in [0.1, 0.15) is 5.69 Å². The highest BCUT2D eigenvalue weighted by atomic mass is 16.1. The normalized spacial score (nSPS) is 10.8. The Morgan fingerprint density at radius 3 is 2.86 bits per heavy atom. The van der Waals surface area contributed by atoms with Gasteiger partial charge in [-0.1, -0.05) is 0 Å². The Morgan fingerprint density at radius 1 is 1.50 bits per heavy atom. The molecular weight excluding hydrogens is 178 g/mol. The lowest BCUT2D eigenvalue weighted by Gasteiger charge is -1.94. The van der Waals surface area contributed by atoms with Crippen LogP contribution in [-0.4, -0.2) is 20.5 Å². The molecule has 2 aromatic heterocycles. The first-order valence-corrected chi connectivity index (χ1v) is 4.40. The molecule has 0 aliphatic carbocycles. The van der Waals surface area contributed by atoms with Crippen molar-refractivity contribution in [2.24, 2.45) is 7.05 Å². The lowest BCUT2D eigenvalue weighted by Crippen LogP contribution is -1.95. The van der Waals surface area contributed by atoms with Gasteiger partial charge in [-0.05, 0) is 13.0 Å². The molecule has 2 rings (SSSR count). The zero-order chi connectivity index (χ0) is 10.3. The maximum atomic E-state index is 11.3. The Morgan fingerprint density at radius 2 is 2.21 bits per heavy atom. The third-order valence-electron chi connectivity index (χ3n) is 2.21. The number of fused-ring (bicyclic) bond motifs is 1. The van der Waals surface area contributed by atoms with Crippen LogP contribution in [0.15, 0.2) is 12.3 Å². The molecule has 0 saturated carbocycles. The van der Waals surface area contributed by atoms with Crippen molar-refractivity contribution in [3.8, 4) is 0 Å². The minimum Gasteiger partial charge on any atom is -0.293 e. The average Bonchev–Trinajstić information content (AvgIpc) is 2.43. The summed E-state index contributed by atoms with van der Waals surface area (Å²) in [5.74, 6) is -0.0128. The van der Waals surface area contributed by atoms with Crippen molar-refractivity contribution in [3.63, 3.8) is 0 Å². The fourth-order valence-electron chi connectivity index (χ4n) is 1.52. The predicted molar refractivity (Wildman–Crippen MR) is 53.3 cm³/mol. The molecule has 0 aromatic carbocycles. The third kappa shape index (κ3) is 1.19. The third-order valence-corrected chi connectivity index (χ3v) is 2.21. The van der Waals surface area contributed by atoms with Gasteiger partial charge in [-0.15, -0.1) is 0 Å². The zero-order valence-corrected chi connectivity index (χ0v) is 8.40. The van der Waals surface area contributed by atoms with E-state index < -0.39 is 0 Å². The van der Waals surface area contributed by atoms with Crippen LogP contribution in [0.3, 0.4) is 0 Å². The van der Waals surface area contributed by atoms with Crippen molar-refractivity contribution < 1.29 is 4.79 Å². The van der Waals surface area contributed by atoms with E-state index in [-0.39, 0.29) is 5.78 Å². The van der Waals surface area contributed by atoms with Crippen molar-refractivity contribution in [1.82, 2.24) is 14.8 Å². The van der Waals surface area contributed by atoms with Crippen LogP contribution in [0.2, 0.25) is 0 Å². The van der Waals surface area contributed by atoms with Crippen LogP contribution in [0.4, 0.5) is 0 Å². The summed E-state index contributed by atoms with van der Waals surface area (Å²) in [4.78, 5) is 15.5. The van der Waals surface area contributed by atoms with Gasteiger partial charge in [0.2, 0.25) is 0 Å². The standard InChI is InChI=1S/C10H11N3O/c1-6-4-8-9(5-11-6)13(3)12-10(8)7(2)14/h4-5H,1-3H3. The summed E-state index contributed by atoms with van der Waals surface area (Å²) in [6.45, 7) is 3.42. The number of pyridine rings is 1. The van der Waals surface area contributed by atoms with Gasteiger partial charge >= 0.3 is 0 Å². The van der Waals surface area contributed by atoms with E-state index in [1.807, 2.05) is 20.0 Å². The van der Waals surface area contributed by atoms with Gasteiger partial charge < -0.3 is 0 Å². The first kappa shape index (κ1) is 8.87. The number of aryl methyl sites for hydroxylation is 2. The number of nitrogens with zero attached hydrogens (tertiary/aromatic N) is 3. The van der Waals surface area contributed by atoms with Crippen LogP contribution in [0, 0.1) is 6.92 Å². The summed E-state index contributed by atoms with van der Waals surface area (Å²) in [6, 6.07) is 1.89. The highest BCUT2D eigenvalue weighted by molar-refractivity contribution is 6.04. The Kier molecular flexibility index (Phi) is 1.84. The molecule has 2 heterocycles. The molecule has 72 valence electrons. The number of carbonyl (C=O) groups excluding carboxylic acids is 1. The molecule has 0 saturated heterocycles. The fourth-order valence-corrected chi connectivity index (χ4v) is 1.52. The fraction of sp³-hybridized carbons (Fsp3) is 0.300. The van der Waals surface area contributed by atoms with E-state index in [1.54, 1.807) is 10.9 Å². The van der Waals surface area contributed by atoms with E-state index in [0.29, 0.717) is 5.69 Å². The Bertz CT molecular complexity index is 513. The van der Waals surface area contributed by atoms with Crippen LogP contribution in [-0.2, 0) is 7.05 Å². The second kappa shape index (κ2) is 2.90. The number of rotatable bonds is 1. The summed E-state index contributed by atoms with van der Waals surface area (Å²) in [6.07, 6.45) is 1.74. The van der Waals surface area contributed by atoms with Gasteiger partial charge in [0.25, 0.3) is 0 Å². The molecule has 2 aromatic rings. The van der Waals surface area contributed by atoms with Gasteiger partial charge in [-0.3, -0.25) is 14.5 Å². The highest BCUT2D eigenvalue weighted by Gasteiger charge is 2.12. The van der Waals surface area contributed by atoms with Crippen molar-refractivity contribution in [2.45, 2.75) is 13.8 Å². The maximum Gasteiger partial charge on any atom is 0.180 e. The summed E-state index contributed by atoms with van der Waals surface area (Å²) < 4.78 is 1.68. The Labute approximate surface area is 81.6 Å². The molecule has 4 heteroatoms. The topological polar surface area (TPSA) is 47.8 Å². The molecule has 0 bridgehead atoms. The zero-order valence-electron chi connectivity index (χ0n) is 8.40. The van der Waals surface area contributed by atoms with E-state index >= 15 is 0 Å². The number of aromatic nitrogens is 3. The minimum absolute atomic E-state index is 0.0128. The molecule has 4 nitrogen and oxygen atoms in total. The van der Waals surface area contributed by atoms with E-state index in [1.165, 1.54) is 6.92 Å². The van der Waals surface area contributed by atoms with Crippen molar-refractivity contribution in [2.75, 3.05) is 0 Å². The second-order valence-electron chi connectivity index (χ2n) is 3.37. The molecule has 0 aliphatic rings. The first-order valence-electron chi connectivity index (χ1n) is 4.40. The summed E-state index contributed by atoms with van der Waals surface area (Å²) in [5.41, 5.74) is 2.31. The van der Waals surface area contributed by atoms with Crippen LogP contribution in [0.5, 0.6) is 0 Å². The number of ketones is 1. The smallest absolute Gasteiger partial charge is 0.180 e. The van der Waals surface area contributed by atoms with E-state index in [4.69, 9.17) is 0 Å². The van der Waals surface area contributed by atoms with Gasteiger partial charge in [-0.25, -0.2) is 0 Å². The lowest BCUT2D eigenvalue weighted by molar-refractivity contribution is 0.101. The molecule has 0 radical (unpaired) electrons. The number of hydrogen-bond acceptors (Lipinski definition) is 3. The van der Waals surface area contributed by atoms with Crippen molar-refractivity contribution in [3.05, 3.63) is 23.7 Å². The van der Waals surface area contributed by atoms with E-state index in [0.717, 1.165) is 16.6 Å². The van der Waals surface area contributed by atoms with Crippen molar-refractivity contribution >= 4 is 16.7 Å². The molecule has 0 aliphatic heterocycles. The number of carbonyl (C=O) groups is 1. The summed E-state index contributed by atoms with van der Waals surface area (Å²) in [5, 5.41) is 5.04. The Balaban J connectivity index is 2.85. The van der Waals surface area contributed by atoms with Crippen LogP contribution < -0.4 is 0 Å². The molecule has 0 fully saturated rings. The summed E-state index contributed by atoms with van der Waals surface area (Å²) >= 11 is 0. The molecule has 0 amide bonds. The Hall–Kier alpha value is -1.71. The minimum atomic E-state index is -0.0128. The van der Waals surface area contributed by atoms with E-state index in [9.17, 15) is 4.79 Å². The SMILES string of the molecule is CC(=O)c1nn(C)c2cnc(C)cc12. The largest absolute Gasteiger partial charge is 0.293 e. The monoisotopic (exact) mass is 189 g/mol. The highest BCUT2D eigenvalue weighted by Crippen LogP contribution is 2.17. The van der Waals surface area contributed by atoms with E-state index in [2.05, 4.69) is 10.1 Å². The first-order chi connectivity index (χ1) is 6.59. The van der Waals surface area contributed by atoms with Gasteiger partial charge in [-0.2, -0.15) is 5.10 Å². The lowest BCUT2D eigenvalue weighted by atomic mass is 10.2. The predicted octanol–water partition coefficient (Wildman–Crippen LogP) is 1.48. The van der Waals surface area contributed by atoms with Crippen LogP contribution in [0.25, 0.3) is 10.9 Å². The molecule has 0 spiro atoms. The number of Topliss-reactive ketones (excluding diaryl/α,β-unsaturated/α-hetero) is 1. The van der Waals surface area contributed by atoms with Crippen LogP contribution >= 0.6 is 0 Å².